The minimum atomic E-state index is -0.0527. The molecule has 0 N–H and O–H groups in total. The molecule has 3 aromatic rings. The predicted molar refractivity (Wildman–Crippen MR) is 121 cm³/mol. The van der Waals surface area contributed by atoms with Crippen molar-refractivity contribution in [2.45, 2.75) is 27.3 Å². The summed E-state index contributed by atoms with van der Waals surface area (Å²) in [5.41, 5.74) is 4.79. The Morgan fingerprint density at radius 2 is 1.87 bits per heavy atom. The zero-order chi connectivity index (χ0) is 21.8. The van der Waals surface area contributed by atoms with Crippen molar-refractivity contribution in [3.05, 3.63) is 77.1 Å². The average Bonchev–Trinajstić information content (AvgIpc) is 3.09. The van der Waals surface area contributed by atoms with Crippen LogP contribution in [0.15, 0.2) is 54.6 Å². The lowest BCUT2D eigenvalue weighted by molar-refractivity contribution is -0.126. The van der Waals surface area contributed by atoms with Crippen LogP contribution in [0.4, 0.5) is 0 Å². The third-order valence-electron chi connectivity index (χ3n) is 5.44. The van der Waals surface area contributed by atoms with E-state index < -0.39 is 0 Å². The maximum absolute atomic E-state index is 13.0. The number of para-hydroxylation sites is 2. The fourth-order valence-electron chi connectivity index (χ4n) is 3.79. The number of aryl methyl sites for hydroxylation is 1. The third kappa shape index (κ3) is 4.33. The highest BCUT2D eigenvalue weighted by atomic mass is 16.6. The number of likely N-dealkylation sites (N-methyl/N-ethyl adjacent to an activating group) is 1. The van der Waals surface area contributed by atoms with E-state index in [1.807, 2.05) is 80.1 Å². The summed E-state index contributed by atoms with van der Waals surface area (Å²) in [7, 11) is 0. The van der Waals surface area contributed by atoms with E-state index >= 15 is 0 Å². The number of carbonyl (C=O) groups excluding carboxylic acids is 1. The summed E-state index contributed by atoms with van der Waals surface area (Å²) in [5, 5.41) is 4.65. The van der Waals surface area contributed by atoms with Gasteiger partial charge in [-0.05, 0) is 45.0 Å². The van der Waals surface area contributed by atoms with Crippen molar-refractivity contribution in [2.75, 3.05) is 19.8 Å². The highest BCUT2D eigenvalue weighted by Gasteiger charge is 2.19. The predicted octanol–water partition coefficient (Wildman–Crippen LogP) is 4.32. The monoisotopic (exact) mass is 417 g/mol. The van der Waals surface area contributed by atoms with Gasteiger partial charge < -0.3 is 14.4 Å². The van der Waals surface area contributed by atoms with Gasteiger partial charge in [0.05, 0.1) is 11.4 Å². The van der Waals surface area contributed by atoms with Crippen LogP contribution in [0, 0.1) is 13.8 Å². The van der Waals surface area contributed by atoms with Crippen LogP contribution >= 0.6 is 0 Å². The Morgan fingerprint density at radius 3 is 2.65 bits per heavy atom. The number of benzene rings is 2. The largest absolute Gasteiger partial charge is 0.486 e. The van der Waals surface area contributed by atoms with Gasteiger partial charge in [-0.25, -0.2) is 4.68 Å². The molecule has 1 aliphatic rings. The normalized spacial score (nSPS) is 12.9. The Balaban J connectivity index is 1.53. The fourth-order valence-corrected chi connectivity index (χ4v) is 3.79. The van der Waals surface area contributed by atoms with Crippen LogP contribution in [-0.2, 0) is 11.3 Å². The first-order valence-corrected chi connectivity index (χ1v) is 10.5. The molecule has 0 radical (unpaired) electrons. The van der Waals surface area contributed by atoms with E-state index in [-0.39, 0.29) is 5.91 Å². The molecule has 6 heteroatoms. The Bertz CT molecular complexity index is 1100. The molecule has 1 amide bonds. The summed E-state index contributed by atoms with van der Waals surface area (Å²) in [4.78, 5) is 14.7. The second-order valence-corrected chi connectivity index (χ2v) is 7.46. The van der Waals surface area contributed by atoms with Crippen molar-refractivity contribution >= 4 is 12.0 Å². The van der Waals surface area contributed by atoms with E-state index in [0.29, 0.717) is 26.3 Å². The number of aromatic nitrogens is 2. The number of ether oxygens (including phenoxy) is 2. The molecule has 0 unspecified atom stereocenters. The van der Waals surface area contributed by atoms with E-state index in [1.54, 1.807) is 11.0 Å². The molecule has 0 saturated carbocycles. The molecular weight excluding hydrogens is 390 g/mol. The van der Waals surface area contributed by atoms with Gasteiger partial charge in [-0.2, -0.15) is 5.10 Å². The van der Waals surface area contributed by atoms with Crippen LogP contribution in [0.1, 0.15) is 29.4 Å². The van der Waals surface area contributed by atoms with Crippen LogP contribution < -0.4 is 9.47 Å². The van der Waals surface area contributed by atoms with E-state index in [1.165, 1.54) is 0 Å². The molecular formula is C25H27N3O3. The van der Waals surface area contributed by atoms with E-state index in [4.69, 9.17) is 9.47 Å². The number of nitrogens with zero attached hydrogens (tertiary/aromatic N) is 3. The van der Waals surface area contributed by atoms with Crippen molar-refractivity contribution in [3.63, 3.8) is 0 Å². The molecule has 0 spiro atoms. The summed E-state index contributed by atoms with van der Waals surface area (Å²) in [5.74, 6) is 1.42. The maximum Gasteiger partial charge on any atom is 0.246 e. The van der Waals surface area contributed by atoms with Gasteiger partial charge in [-0.3, -0.25) is 4.79 Å². The summed E-state index contributed by atoms with van der Waals surface area (Å²) in [6, 6.07) is 15.8. The number of amides is 1. The topological polar surface area (TPSA) is 56.6 Å². The van der Waals surface area contributed by atoms with Gasteiger partial charge in [0.15, 0.2) is 11.5 Å². The molecule has 160 valence electrons. The van der Waals surface area contributed by atoms with Gasteiger partial charge in [-0.1, -0.05) is 30.3 Å². The Morgan fingerprint density at radius 1 is 1.10 bits per heavy atom. The molecule has 0 bridgehead atoms. The van der Waals surface area contributed by atoms with Gasteiger partial charge in [0.25, 0.3) is 0 Å². The highest BCUT2D eigenvalue weighted by molar-refractivity contribution is 5.92. The maximum atomic E-state index is 13.0. The molecule has 1 aliphatic heterocycles. The molecule has 0 saturated heterocycles. The lowest BCUT2D eigenvalue weighted by atomic mass is 10.1. The zero-order valence-electron chi connectivity index (χ0n) is 18.2. The van der Waals surface area contributed by atoms with Crippen LogP contribution in [0.3, 0.4) is 0 Å². The molecule has 31 heavy (non-hydrogen) atoms. The Hall–Kier alpha value is -3.54. The fraction of sp³-hybridized carbons (Fsp3) is 0.280. The molecule has 0 atom stereocenters. The SMILES string of the molecule is CCN(Cc1cccc2c1OCCO2)C(=O)/C=C/c1c(C)nn(-c2ccccc2)c1C. The summed E-state index contributed by atoms with van der Waals surface area (Å²) >= 11 is 0. The minimum Gasteiger partial charge on any atom is -0.486 e. The number of fused-ring (bicyclic) bond motifs is 1. The minimum absolute atomic E-state index is 0.0527. The third-order valence-corrected chi connectivity index (χ3v) is 5.44. The lowest BCUT2D eigenvalue weighted by Gasteiger charge is -2.24. The second-order valence-electron chi connectivity index (χ2n) is 7.46. The van der Waals surface area contributed by atoms with Gasteiger partial charge >= 0.3 is 0 Å². The highest BCUT2D eigenvalue weighted by Crippen LogP contribution is 2.34. The number of hydrogen-bond acceptors (Lipinski definition) is 4. The van der Waals surface area contributed by atoms with E-state index in [9.17, 15) is 4.79 Å². The first-order chi connectivity index (χ1) is 15.1. The summed E-state index contributed by atoms with van der Waals surface area (Å²) in [6.45, 7) is 8.08. The molecule has 4 rings (SSSR count). The second kappa shape index (κ2) is 9.08. The number of carbonyl (C=O) groups is 1. The van der Waals surface area contributed by atoms with Crippen molar-refractivity contribution in [3.8, 4) is 17.2 Å². The standard InChI is InChI=1S/C25H27N3O3/c1-4-27(17-20-9-8-12-23-25(20)31-16-15-30-23)24(29)14-13-22-18(2)26-28(19(22)3)21-10-6-5-7-11-21/h5-14H,4,15-17H2,1-3H3/b14-13+. The molecule has 2 aromatic carbocycles. The van der Waals surface area contributed by atoms with Crippen molar-refractivity contribution in [1.29, 1.82) is 0 Å². The lowest BCUT2D eigenvalue weighted by Crippen LogP contribution is -2.29. The van der Waals surface area contributed by atoms with Crippen LogP contribution in [0.5, 0.6) is 11.5 Å². The van der Waals surface area contributed by atoms with Gasteiger partial charge in [0.1, 0.15) is 13.2 Å². The van der Waals surface area contributed by atoms with E-state index in [0.717, 1.165) is 39.7 Å². The first kappa shape index (κ1) is 20.7. The molecule has 6 nitrogen and oxygen atoms in total. The van der Waals surface area contributed by atoms with E-state index in [2.05, 4.69) is 5.10 Å². The van der Waals surface area contributed by atoms with Gasteiger partial charge in [0, 0.05) is 36.0 Å². The van der Waals surface area contributed by atoms with Crippen LogP contribution in [0.25, 0.3) is 11.8 Å². The number of rotatable bonds is 6. The van der Waals surface area contributed by atoms with Crippen molar-refractivity contribution in [1.82, 2.24) is 14.7 Å². The van der Waals surface area contributed by atoms with Gasteiger partial charge in [0.2, 0.25) is 5.91 Å². The summed E-state index contributed by atoms with van der Waals surface area (Å²) < 4.78 is 13.4. The molecule has 1 aromatic heterocycles. The molecule has 0 aliphatic carbocycles. The van der Waals surface area contributed by atoms with Crippen molar-refractivity contribution in [2.24, 2.45) is 0 Å². The Labute approximate surface area is 182 Å². The van der Waals surface area contributed by atoms with Crippen LogP contribution in [-0.4, -0.2) is 40.3 Å². The van der Waals surface area contributed by atoms with Crippen molar-refractivity contribution < 1.29 is 14.3 Å². The summed E-state index contributed by atoms with van der Waals surface area (Å²) in [6.07, 6.45) is 3.49. The number of hydrogen-bond donors (Lipinski definition) is 0. The first-order valence-electron chi connectivity index (χ1n) is 10.5. The smallest absolute Gasteiger partial charge is 0.246 e. The average molecular weight is 418 g/mol. The van der Waals surface area contributed by atoms with Crippen LogP contribution in [0.2, 0.25) is 0 Å². The molecule has 0 fully saturated rings. The quantitative estimate of drug-likeness (QED) is 0.561. The molecule has 2 heterocycles. The van der Waals surface area contributed by atoms with Gasteiger partial charge in [-0.15, -0.1) is 0 Å². The zero-order valence-corrected chi connectivity index (χ0v) is 18.2. The Kier molecular flexibility index (Phi) is 6.07.